The van der Waals surface area contributed by atoms with Crippen molar-refractivity contribution in [3.8, 4) is 0 Å². The first-order valence-corrected chi connectivity index (χ1v) is 6.32. The van der Waals surface area contributed by atoms with Gasteiger partial charge in [0, 0.05) is 25.8 Å². The number of likely N-dealkylation sites (N-methyl/N-ethyl adjacent to an activating group) is 1. The van der Waals surface area contributed by atoms with Gasteiger partial charge in [-0.3, -0.25) is 0 Å². The van der Waals surface area contributed by atoms with Crippen molar-refractivity contribution < 1.29 is 4.74 Å². The van der Waals surface area contributed by atoms with Crippen molar-refractivity contribution in [3.63, 3.8) is 0 Å². The molecule has 0 radical (unpaired) electrons. The van der Waals surface area contributed by atoms with Crippen LogP contribution in [0, 0.1) is 6.92 Å². The van der Waals surface area contributed by atoms with Gasteiger partial charge in [-0.05, 0) is 31.9 Å². The van der Waals surface area contributed by atoms with Crippen molar-refractivity contribution in [2.45, 2.75) is 32.0 Å². The standard InChI is InChI=1S/C14H22N2O/c1-11-3-5-12(6-4-11)16(2)10-14-8-7-13(9-15)17-14/h3-6,13-14H,7-10,15H2,1-2H3. The van der Waals surface area contributed by atoms with E-state index in [1.165, 1.54) is 11.3 Å². The molecule has 3 heteroatoms. The van der Waals surface area contributed by atoms with E-state index in [1.54, 1.807) is 0 Å². The third-order valence-corrected chi connectivity index (χ3v) is 3.41. The van der Waals surface area contributed by atoms with E-state index in [9.17, 15) is 0 Å². The predicted octanol–water partition coefficient (Wildman–Crippen LogP) is 1.94. The van der Waals surface area contributed by atoms with Gasteiger partial charge < -0.3 is 15.4 Å². The van der Waals surface area contributed by atoms with Gasteiger partial charge in [0.05, 0.1) is 12.2 Å². The van der Waals surface area contributed by atoms with Crippen LogP contribution in [0.4, 0.5) is 5.69 Å². The van der Waals surface area contributed by atoms with E-state index < -0.39 is 0 Å². The van der Waals surface area contributed by atoms with Gasteiger partial charge in [0.2, 0.25) is 0 Å². The van der Waals surface area contributed by atoms with Gasteiger partial charge in [0.15, 0.2) is 0 Å². The van der Waals surface area contributed by atoms with Crippen LogP contribution in [0.3, 0.4) is 0 Å². The molecule has 0 amide bonds. The minimum absolute atomic E-state index is 0.270. The Morgan fingerprint density at radius 3 is 2.47 bits per heavy atom. The first kappa shape index (κ1) is 12.4. The molecule has 1 aliphatic rings. The molecule has 2 rings (SSSR count). The van der Waals surface area contributed by atoms with Crippen molar-refractivity contribution >= 4 is 5.69 Å². The first-order chi connectivity index (χ1) is 8.19. The van der Waals surface area contributed by atoms with E-state index >= 15 is 0 Å². The summed E-state index contributed by atoms with van der Waals surface area (Å²) in [6.07, 6.45) is 2.82. The predicted molar refractivity (Wildman–Crippen MR) is 71.4 cm³/mol. The molecule has 0 spiro atoms. The van der Waals surface area contributed by atoms with Crippen LogP contribution >= 0.6 is 0 Å². The maximum Gasteiger partial charge on any atom is 0.0755 e. The molecule has 0 saturated carbocycles. The van der Waals surface area contributed by atoms with E-state index in [-0.39, 0.29) is 6.10 Å². The number of nitrogens with two attached hydrogens (primary N) is 1. The lowest BCUT2D eigenvalue weighted by Crippen LogP contribution is -2.30. The van der Waals surface area contributed by atoms with Crippen molar-refractivity contribution in [1.82, 2.24) is 0 Å². The van der Waals surface area contributed by atoms with Gasteiger partial charge >= 0.3 is 0 Å². The number of aryl methyl sites for hydroxylation is 1. The lowest BCUT2D eigenvalue weighted by Gasteiger charge is -2.23. The third-order valence-electron chi connectivity index (χ3n) is 3.41. The van der Waals surface area contributed by atoms with Gasteiger partial charge in [-0.15, -0.1) is 0 Å². The molecular weight excluding hydrogens is 212 g/mol. The first-order valence-electron chi connectivity index (χ1n) is 6.32. The summed E-state index contributed by atoms with van der Waals surface area (Å²) >= 11 is 0. The van der Waals surface area contributed by atoms with Crippen LogP contribution in [-0.2, 0) is 4.74 Å². The normalized spacial score (nSPS) is 23.9. The zero-order chi connectivity index (χ0) is 12.3. The SMILES string of the molecule is Cc1ccc(N(C)CC2CCC(CN)O2)cc1. The van der Waals surface area contributed by atoms with Gasteiger partial charge in [-0.2, -0.15) is 0 Å². The number of hydrogen-bond acceptors (Lipinski definition) is 3. The third kappa shape index (κ3) is 3.20. The highest BCUT2D eigenvalue weighted by Gasteiger charge is 2.24. The average Bonchev–Trinajstić information content (AvgIpc) is 2.77. The molecule has 1 aliphatic heterocycles. The van der Waals surface area contributed by atoms with E-state index in [4.69, 9.17) is 10.5 Å². The van der Waals surface area contributed by atoms with Crippen molar-refractivity contribution in [1.29, 1.82) is 0 Å². The van der Waals surface area contributed by atoms with E-state index in [2.05, 4.69) is 43.1 Å². The molecule has 94 valence electrons. The molecule has 2 N–H and O–H groups in total. The van der Waals surface area contributed by atoms with Crippen molar-refractivity contribution in [2.24, 2.45) is 5.73 Å². The maximum absolute atomic E-state index is 5.86. The van der Waals surface area contributed by atoms with Crippen molar-refractivity contribution in [2.75, 3.05) is 25.0 Å². The molecule has 2 unspecified atom stereocenters. The van der Waals surface area contributed by atoms with E-state index in [1.807, 2.05) is 0 Å². The Bertz CT molecular complexity index is 350. The second-order valence-corrected chi connectivity index (χ2v) is 4.91. The van der Waals surface area contributed by atoms with Crippen LogP contribution in [0.2, 0.25) is 0 Å². The molecular formula is C14H22N2O. The highest BCUT2D eigenvalue weighted by molar-refractivity contribution is 5.46. The molecule has 0 bridgehead atoms. The Morgan fingerprint density at radius 2 is 1.88 bits per heavy atom. The van der Waals surface area contributed by atoms with Gasteiger partial charge in [0.1, 0.15) is 0 Å². The number of rotatable bonds is 4. The number of ether oxygens (including phenoxy) is 1. The molecule has 0 aromatic heterocycles. The van der Waals surface area contributed by atoms with Crippen LogP contribution in [0.15, 0.2) is 24.3 Å². The Balaban J connectivity index is 1.89. The zero-order valence-electron chi connectivity index (χ0n) is 10.7. The minimum Gasteiger partial charge on any atom is -0.372 e. The second kappa shape index (κ2) is 5.52. The molecule has 1 aromatic rings. The van der Waals surface area contributed by atoms with Gasteiger partial charge in [0.25, 0.3) is 0 Å². The Kier molecular flexibility index (Phi) is 4.02. The molecule has 1 fully saturated rings. The van der Waals surface area contributed by atoms with Crippen LogP contribution in [0.25, 0.3) is 0 Å². The molecule has 1 aromatic carbocycles. The highest BCUT2D eigenvalue weighted by Crippen LogP contribution is 2.21. The number of hydrogen-bond donors (Lipinski definition) is 1. The fourth-order valence-corrected chi connectivity index (χ4v) is 2.30. The number of benzene rings is 1. The largest absolute Gasteiger partial charge is 0.372 e. The van der Waals surface area contributed by atoms with Gasteiger partial charge in [-0.25, -0.2) is 0 Å². The molecule has 17 heavy (non-hydrogen) atoms. The number of anilines is 1. The zero-order valence-corrected chi connectivity index (χ0v) is 10.7. The monoisotopic (exact) mass is 234 g/mol. The molecule has 3 nitrogen and oxygen atoms in total. The Hall–Kier alpha value is -1.06. The summed E-state index contributed by atoms with van der Waals surface area (Å²) in [5.41, 5.74) is 8.16. The smallest absolute Gasteiger partial charge is 0.0755 e. The average molecular weight is 234 g/mol. The summed E-state index contributed by atoms with van der Waals surface area (Å²) in [5.74, 6) is 0. The quantitative estimate of drug-likeness (QED) is 0.865. The van der Waals surface area contributed by atoms with Crippen molar-refractivity contribution in [3.05, 3.63) is 29.8 Å². The Morgan fingerprint density at radius 1 is 1.24 bits per heavy atom. The van der Waals surface area contributed by atoms with Crippen LogP contribution in [0.1, 0.15) is 18.4 Å². The highest BCUT2D eigenvalue weighted by atomic mass is 16.5. The fraction of sp³-hybridized carbons (Fsp3) is 0.571. The summed E-state index contributed by atoms with van der Waals surface area (Å²) in [6, 6.07) is 8.60. The summed E-state index contributed by atoms with van der Waals surface area (Å²) in [6.45, 7) is 3.69. The van der Waals surface area contributed by atoms with Crippen LogP contribution in [-0.4, -0.2) is 32.3 Å². The van der Waals surface area contributed by atoms with Crippen LogP contribution < -0.4 is 10.6 Å². The maximum atomic E-state index is 5.86. The van der Waals surface area contributed by atoms with Crippen LogP contribution in [0.5, 0.6) is 0 Å². The molecule has 1 saturated heterocycles. The lowest BCUT2D eigenvalue weighted by atomic mass is 10.1. The Labute approximate surface area is 104 Å². The molecule has 2 atom stereocenters. The van der Waals surface area contributed by atoms with E-state index in [0.29, 0.717) is 12.6 Å². The topological polar surface area (TPSA) is 38.5 Å². The number of nitrogens with zero attached hydrogens (tertiary/aromatic N) is 1. The molecule has 1 heterocycles. The second-order valence-electron chi connectivity index (χ2n) is 4.91. The summed E-state index contributed by atoms with van der Waals surface area (Å²) in [4.78, 5) is 2.25. The summed E-state index contributed by atoms with van der Waals surface area (Å²) < 4.78 is 5.86. The molecule has 0 aliphatic carbocycles. The fourth-order valence-electron chi connectivity index (χ4n) is 2.30. The summed E-state index contributed by atoms with van der Waals surface area (Å²) in [5, 5.41) is 0. The summed E-state index contributed by atoms with van der Waals surface area (Å²) in [7, 11) is 2.11. The van der Waals surface area contributed by atoms with E-state index in [0.717, 1.165) is 19.4 Å². The lowest BCUT2D eigenvalue weighted by molar-refractivity contribution is 0.0549. The minimum atomic E-state index is 0.270. The van der Waals surface area contributed by atoms with Gasteiger partial charge in [-0.1, -0.05) is 17.7 Å².